The van der Waals surface area contributed by atoms with Crippen molar-refractivity contribution >= 4 is 41.8 Å². The molecule has 1 heterocycles. The molecule has 146 valence electrons. The number of piperidine rings is 1. The zero-order valence-corrected chi connectivity index (χ0v) is 18.4. The zero-order chi connectivity index (χ0) is 17.9. The first-order valence-corrected chi connectivity index (χ1v) is 9.08. The summed E-state index contributed by atoms with van der Waals surface area (Å²) in [6.45, 7) is 10.1. The van der Waals surface area contributed by atoms with Gasteiger partial charge in [0.15, 0.2) is 5.96 Å². The molecule has 1 N–H and O–H groups in total. The average molecular weight is 467 g/mol. The number of guanidine groups is 1. The number of hydrogen-bond acceptors (Lipinski definition) is 3. The minimum absolute atomic E-state index is 0. The van der Waals surface area contributed by atoms with Gasteiger partial charge >= 0.3 is 0 Å². The number of nitrogens with zero attached hydrogens (tertiary/aromatic N) is 4. The summed E-state index contributed by atoms with van der Waals surface area (Å²) >= 11 is 0. The minimum atomic E-state index is 0. The van der Waals surface area contributed by atoms with Crippen molar-refractivity contribution in [1.29, 1.82) is 0 Å². The van der Waals surface area contributed by atoms with E-state index in [1.807, 2.05) is 32.7 Å². The van der Waals surface area contributed by atoms with Gasteiger partial charge in [-0.1, -0.05) is 0 Å². The van der Waals surface area contributed by atoms with Gasteiger partial charge in [0.25, 0.3) is 0 Å². The van der Waals surface area contributed by atoms with Gasteiger partial charge in [-0.3, -0.25) is 9.59 Å². The average Bonchev–Trinajstić information content (AvgIpc) is 2.60. The third-order valence-electron chi connectivity index (χ3n) is 4.26. The summed E-state index contributed by atoms with van der Waals surface area (Å²) in [5.41, 5.74) is 0. The van der Waals surface area contributed by atoms with E-state index < -0.39 is 0 Å². The van der Waals surface area contributed by atoms with Crippen LogP contribution in [0.5, 0.6) is 0 Å². The van der Waals surface area contributed by atoms with Crippen molar-refractivity contribution in [1.82, 2.24) is 20.0 Å². The standard InChI is InChI=1S/C17H33N5O2.HI/c1-5-18-17(20(4)14-16(24)21(6-2)7-3)19-13-15(23)22-11-9-8-10-12-22;/h5-14H2,1-4H3,(H,18,19);1H. The molecule has 25 heavy (non-hydrogen) atoms. The van der Waals surface area contributed by atoms with Gasteiger partial charge in [0.2, 0.25) is 11.8 Å². The van der Waals surface area contributed by atoms with Gasteiger partial charge in [-0.15, -0.1) is 24.0 Å². The highest BCUT2D eigenvalue weighted by Crippen LogP contribution is 2.08. The maximum atomic E-state index is 12.2. The number of rotatable bonds is 7. The van der Waals surface area contributed by atoms with Crippen LogP contribution >= 0.6 is 24.0 Å². The van der Waals surface area contributed by atoms with Gasteiger partial charge in [-0.2, -0.15) is 0 Å². The second-order valence-corrected chi connectivity index (χ2v) is 6.03. The van der Waals surface area contributed by atoms with Crippen LogP contribution < -0.4 is 5.32 Å². The molecule has 0 saturated carbocycles. The lowest BCUT2D eigenvalue weighted by molar-refractivity contribution is -0.131. The predicted molar refractivity (Wildman–Crippen MR) is 112 cm³/mol. The molecule has 1 aliphatic rings. The molecular formula is C17H34IN5O2. The van der Waals surface area contributed by atoms with E-state index in [0.717, 1.165) is 25.9 Å². The predicted octanol–water partition coefficient (Wildman–Crippen LogP) is 1.38. The fourth-order valence-corrected chi connectivity index (χ4v) is 2.81. The van der Waals surface area contributed by atoms with Gasteiger partial charge < -0.3 is 20.0 Å². The molecule has 2 amide bonds. The second kappa shape index (κ2) is 13.2. The van der Waals surface area contributed by atoms with Crippen molar-refractivity contribution in [2.75, 3.05) is 52.9 Å². The van der Waals surface area contributed by atoms with E-state index in [0.29, 0.717) is 25.6 Å². The zero-order valence-electron chi connectivity index (χ0n) is 16.1. The first-order valence-electron chi connectivity index (χ1n) is 9.08. The lowest BCUT2D eigenvalue weighted by atomic mass is 10.1. The molecule has 0 atom stereocenters. The number of likely N-dealkylation sites (tertiary alicyclic amines) is 1. The molecule has 0 radical (unpaired) electrons. The Hall–Kier alpha value is -1.06. The smallest absolute Gasteiger partial charge is 0.244 e. The molecule has 1 fully saturated rings. The molecule has 0 bridgehead atoms. The Morgan fingerprint density at radius 3 is 2.20 bits per heavy atom. The Kier molecular flexibility index (Phi) is 12.6. The van der Waals surface area contributed by atoms with Crippen LogP contribution in [-0.2, 0) is 9.59 Å². The first-order chi connectivity index (χ1) is 11.5. The number of amides is 2. The van der Waals surface area contributed by atoms with Crippen molar-refractivity contribution in [2.45, 2.75) is 40.0 Å². The highest BCUT2D eigenvalue weighted by atomic mass is 127. The highest BCUT2D eigenvalue weighted by Gasteiger charge is 2.18. The molecule has 0 aromatic carbocycles. The largest absolute Gasteiger partial charge is 0.356 e. The summed E-state index contributed by atoms with van der Waals surface area (Å²) < 4.78 is 0. The first kappa shape index (κ1) is 23.9. The van der Waals surface area contributed by atoms with Gasteiger partial charge in [-0.25, -0.2) is 4.99 Å². The molecule has 1 rings (SSSR count). The Morgan fingerprint density at radius 1 is 1.08 bits per heavy atom. The summed E-state index contributed by atoms with van der Waals surface area (Å²) in [6.07, 6.45) is 3.35. The van der Waals surface area contributed by atoms with E-state index in [1.54, 1.807) is 9.80 Å². The van der Waals surface area contributed by atoms with Crippen molar-refractivity contribution < 1.29 is 9.59 Å². The van der Waals surface area contributed by atoms with Gasteiger partial charge in [-0.05, 0) is 40.0 Å². The Morgan fingerprint density at radius 2 is 1.68 bits per heavy atom. The van der Waals surface area contributed by atoms with Crippen LogP contribution in [0.4, 0.5) is 0 Å². The highest BCUT2D eigenvalue weighted by molar-refractivity contribution is 14.0. The van der Waals surface area contributed by atoms with Crippen molar-refractivity contribution in [3.63, 3.8) is 0 Å². The third-order valence-corrected chi connectivity index (χ3v) is 4.26. The molecule has 0 aromatic heterocycles. The Labute approximate surface area is 169 Å². The summed E-state index contributed by atoms with van der Waals surface area (Å²) in [6, 6.07) is 0. The summed E-state index contributed by atoms with van der Waals surface area (Å²) in [7, 11) is 1.83. The molecule has 0 aliphatic carbocycles. The van der Waals surface area contributed by atoms with Crippen molar-refractivity contribution in [3.8, 4) is 0 Å². The summed E-state index contributed by atoms with van der Waals surface area (Å²) in [4.78, 5) is 34.4. The number of carbonyl (C=O) groups is 2. The topological polar surface area (TPSA) is 68.2 Å². The van der Waals surface area contributed by atoms with Crippen molar-refractivity contribution in [3.05, 3.63) is 0 Å². The number of hydrogen-bond donors (Lipinski definition) is 1. The maximum absolute atomic E-state index is 12.2. The fraction of sp³-hybridized carbons (Fsp3) is 0.824. The molecule has 1 aliphatic heterocycles. The number of likely N-dealkylation sites (N-methyl/N-ethyl adjacent to an activating group) is 2. The van der Waals surface area contributed by atoms with E-state index in [4.69, 9.17) is 0 Å². The van der Waals surface area contributed by atoms with Crippen LogP contribution in [0.2, 0.25) is 0 Å². The molecule has 8 heteroatoms. The summed E-state index contributed by atoms with van der Waals surface area (Å²) in [5, 5.41) is 3.16. The number of halogens is 1. The quantitative estimate of drug-likeness (QED) is 0.349. The van der Waals surface area contributed by atoms with E-state index >= 15 is 0 Å². The number of carbonyl (C=O) groups excluding carboxylic acids is 2. The fourth-order valence-electron chi connectivity index (χ4n) is 2.81. The maximum Gasteiger partial charge on any atom is 0.244 e. The monoisotopic (exact) mass is 467 g/mol. The lowest BCUT2D eigenvalue weighted by Crippen LogP contribution is -2.46. The van der Waals surface area contributed by atoms with Crippen LogP contribution in [0, 0.1) is 0 Å². The molecule has 0 aromatic rings. The number of nitrogens with one attached hydrogen (secondary N) is 1. The van der Waals surface area contributed by atoms with E-state index in [2.05, 4.69) is 10.3 Å². The SMILES string of the molecule is CCNC(=NCC(=O)N1CCCCC1)N(C)CC(=O)N(CC)CC.I. The normalized spacial score (nSPS) is 14.6. The van der Waals surface area contributed by atoms with Crippen molar-refractivity contribution in [2.24, 2.45) is 4.99 Å². The van der Waals surface area contributed by atoms with Crippen LogP contribution in [0.1, 0.15) is 40.0 Å². The minimum Gasteiger partial charge on any atom is -0.356 e. The lowest BCUT2D eigenvalue weighted by Gasteiger charge is -2.27. The van der Waals surface area contributed by atoms with E-state index in [9.17, 15) is 9.59 Å². The molecule has 0 unspecified atom stereocenters. The molecule has 7 nitrogen and oxygen atoms in total. The van der Waals surface area contributed by atoms with Crippen LogP contribution in [-0.4, -0.2) is 85.3 Å². The van der Waals surface area contributed by atoms with Gasteiger partial charge in [0.05, 0.1) is 6.54 Å². The van der Waals surface area contributed by atoms with Crippen LogP contribution in [0.3, 0.4) is 0 Å². The Bertz CT molecular complexity index is 435. The van der Waals surface area contributed by atoms with E-state index in [-0.39, 0.29) is 48.9 Å². The van der Waals surface area contributed by atoms with Crippen LogP contribution in [0.15, 0.2) is 4.99 Å². The van der Waals surface area contributed by atoms with Gasteiger partial charge in [0.1, 0.15) is 6.54 Å². The van der Waals surface area contributed by atoms with Crippen LogP contribution in [0.25, 0.3) is 0 Å². The van der Waals surface area contributed by atoms with Gasteiger partial charge in [0, 0.05) is 39.8 Å². The third kappa shape index (κ3) is 8.24. The molecule has 1 saturated heterocycles. The Balaban J connectivity index is 0.00000576. The molecular weight excluding hydrogens is 433 g/mol. The summed E-state index contributed by atoms with van der Waals surface area (Å²) in [5.74, 6) is 0.729. The molecule has 0 spiro atoms. The second-order valence-electron chi connectivity index (χ2n) is 6.03. The van der Waals surface area contributed by atoms with E-state index in [1.165, 1.54) is 6.42 Å². The number of aliphatic imine (C=N–C) groups is 1.